The molecule has 17 heavy (non-hydrogen) atoms. The third-order valence-corrected chi connectivity index (χ3v) is 3.05. The molecule has 0 aromatic rings. The van der Waals surface area contributed by atoms with Gasteiger partial charge in [0.2, 0.25) is 5.91 Å². The van der Waals surface area contributed by atoms with Crippen molar-refractivity contribution in [2.45, 2.75) is 44.2 Å². The van der Waals surface area contributed by atoms with Crippen molar-refractivity contribution in [3.63, 3.8) is 0 Å². The van der Waals surface area contributed by atoms with Crippen molar-refractivity contribution in [1.29, 1.82) is 0 Å². The highest BCUT2D eigenvalue weighted by atomic mass is 16.5. The lowest BCUT2D eigenvalue weighted by Crippen LogP contribution is -2.52. The van der Waals surface area contributed by atoms with Crippen molar-refractivity contribution in [3.05, 3.63) is 0 Å². The summed E-state index contributed by atoms with van der Waals surface area (Å²) in [5.74, 6) is 0.0494. The van der Waals surface area contributed by atoms with Crippen LogP contribution in [0.5, 0.6) is 0 Å². The summed E-state index contributed by atoms with van der Waals surface area (Å²) in [6.45, 7) is 2.18. The van der Waals surface area contributed by atoms with Gasteiger partial charge in [0.05, 0.1) is 12.1 Å². The molecule has 1 fully saturated rings. The summed E-state index contributed by atoms with van der Waals surface area (Å²) in [5.41, 5.74) is 0. The number of methoxy groups -OCH3 is 1. The Balaban J connectivity index is 2.07. The average molecular weight is 244 g/mol. The Morgan fingerprint density at radius 2 is 2.29 bits per heavy atom. The van der Waals surface area contributed by atoms with Crippen LogP contribution in [0.25, 0.3) is 0 Å². The molecule has 0 aromatic heterocycles. The van der Waals surface area contributed by atoms with Crippen molar-refractivity contribution in [3.8, 4) is 0 Å². The molecular weight excluding hydrogens is 220 g/mol. The predicted octanol–water partition coefficient (Wildman–Crippen LogP) is 0.0322. The first-order valence-electron chi connectivity index (χ1n) is 6.41. The van der Waals surface area contributed by atoms with Crippen molar-refractivity contribution in [2.24, 2.45) is 0 Å². The van der Waals surface area contributed by atoms with Crippen LogP contribution in [0.2, 0.25) is 0 Å². The average Bonchev–Trinajstić information content (AvgIpc) is 2.32. The lowest BCUT2D eigenvalue weighted by atomic mass is 10.0. The van der Waals surface area contributed by atoms with Gasteiger partial charge in [0.15, 0.2) is 0 Å². The smallest absolute Gasteiger partial charge is 0.220 e. The van der Waals surface area contributed by atoms with E-state index in [2.05, 4.69) is 10.6 Å². The zero-order chi connectivity index (χ0) is 12.5. The molecule has 1 amide bonds. The number of carbonyl (C=O) groups excluding carboxylic acids is 1. The summed E-state index contributed by atoms with van der Waals surface area (Å²) in [4.78, 5) is 11.6. The molecule has 3 N–H and O–H groups in total. The molecule has 1 aliphatic heterocycles. The number of β-amino-alcohol motifs (C(OH)–C–C–N with tert-alkyl or cyclic N) is 1. The van der Waals surface area contributed by atoms with E-state index in [1.165, 1.54) is 0 Å². The van der Waals surface area contributed by atoms with Crippen molar-refractivity contribution in [2.75, 3.05) is 26.8 Å². The molecule has 0 bridgehead atoms. The van der Waals surface area contributed by atoms with E-state index < -0.39 is 6.10 Å². The Hall–Kier alpha value is -0.650. The van der Waals surface area contributed by atoms with Gasteiger partial charge in [-0.3, -0.25) is 4.79 Å². The summed E-state index contributed by atoms with van der Waals surface area (Å²) in [6.07, 6.45) is 3.78. The standard InChI is InChI=1S/C12H24N2O3/c1-17-8-4-2-3-5-12(16)14-10-6-7-13-9-11(10)15/h10-11,13,15H,2-9H2,1H3,(H,14,16)/t10-,11-/m1/s1. The topological polar surface area (TPSA) is 70.6 Å². The summed E-state index contributed by atoms with van der Waals surface area (Å²) in [7, 11) is 1.69. The molecule has 1 saturated heterocycles. The summed E-state index contributed by atoms with van der Waals surface area (Å²) in [5, 5.41) is 15.7. The van der Waals surface area contributed by atoms with Gasteiger partial charge in [-0.15, -0.1) is 0 Å². The van der Waals surface area contributed by atoms with Crippen molar-refractivity contribution >= 4 is 5.91 Å². The number of ether oxygens (including phenoxy) is 1. The normalized spacial score (nSPS) is 24.6. The number of aliphatic hydroxyl groups excluding tert-OH is 1. The van der Waals surface area contributed by atoms with Gasteiger partial charge in [-0.2, -0.15) is 0 Å². The van der Waals surface area contributed by atoms with Gasteiger partial charge < -0.3 is 20.5 Å². The minimum Gasteiger partial charge on any atom is -0.390 e. The van der Waals surface area contributed by atoms with Crippen LogP contribution in [0.15, 0.2) is 0 Å². The number of unbranched alkanes of at least 4 members (excludes halogenated alkanes) is 2. The largest absolute Gasteiger partial charge is 0.390 e. The van der Waals surface area contributed by atoms with E-state index in [-0.39, 0.29) is 11.9 Å². The van der Waals surface area contributed by atoms with Crippen LogP contribution in [0.1, 0.15) is 32.1 Å². The minimum atomic E-state index is -0.457. The van der Waals surface area contributed by atoms with Gasteiger partial charge in [-0.1, -0.05) is 6.42 Å². The fourth-order valence-corrected chi connectivity index (χ4v) is 2.00. The molecule has 5 nitrogen and oxygen atoms in total. The number of hydrogen-bond acceptors (Lipinski definition) is 4. The Morgan fingerprint density at radius 1 is 1.47 bits per heavy atom. The molecule has 0 spiro atoms. The highest BCUT2D eigenvalue weighted by molar-refractivity contribution is 5.76. The second kappa shape index (κ2) is 8.44. The molecule has 1 aliphatic rings. The van der Waals surface area contributed by atoms with Crippen LogP contribution in [0.3, 0.4) is 0 Å². The lowest BCUT2D eigenvalue weighted by Gasteiger charge is -2.29. The van der Waals surface area contributed by atoms with E-state index in [4.69, 9.17) is 4.74 Å². The molecule has 0 aliphatic carbocycles. The van der Waals surface area contributed by atoms with Crippen LogP contribution in [-0.4, -0.2) is 50.0 Å². The van der Waals surface area contributed by atoms with Crippen LogP contribution < -0.4 is 10.6 Å². The van der Waals surface area contributed by atoms with E-state index in [1.54, 1.807) is 7.11 Å². The van der Waals surface area contributed by atoms with E-state index in [1.807, 2.05) is 0 Å². The van der Waals surface area contributed by atoms with Gasteiger partial charge in [0.1, 0.15) is 0 Å². The SMILES string of the molecule is COCCCCCC(=O)N[C@@H]1CCNC[C@H]1O. The summed E-state index contributed by atoms with van der Waals surface area (Å²) >= 11 is 0. The van der Waals surface area contributed by atoms with Gasteiger partial charge >= 0.3 is 0 Å². The molecule has 1 rings (SSSR count). The molecule has 100 valence electrons. The van der Waals surface area contributed by atoms with E-state index in [0.717, 1.165) is 38.8 Å². The first kappa shape index (κ1) is 14.4. The Labute approximate surface area is 103 Å². The minimum absolute atomic E-state index is 0.0494. The second-order valence-corrected chi connectivity index (χ2v) is 4.54. The number of hydrogen-bond donors (Lipinski definition) is 3. The van der Waals surface area contributed by atoms with Gasteiger partial charge in [0.25, 0.3) is 0 Å². The predicted molar refractivity (Wildman–Crippen MR) is 65.8 cm³/mol. The fourth-order valence-electron chi connectivity index (χ4n) is 2.00. The molecule has 1 heterocycles. The highest BCUT2D eigenvalue weighted by Crippen LogP contribution is 2.05. The van der Waals surface area contributed by atoms with Crippen molar-refractivity contribution in [1.82, 2.24) is 10.6 Å². The van der Waals surface area contributed by atoms with E-state index >= 15 is 0 Å². The molecular formula is C12H24N2O3. The molecule has 5 heteroatoms. The molecule has 0 aromatic carbocycles. The van der Waals surface area contributed by atoms with Crippen LogP contribution in [-0.2, 0) is 9.53 Å². The first-order chi connectivity index (χ1) is 8.24. The van der Waals surface area contributed by atoms with Gasteiger partial charge in [-0.05, 0) is 25.8 Å². The lowest BCUT2D eigenvalue weighted by molar-refractivity contribution is -0.123. The third-order valence-electron chi connectivity index (χ3n) is 3.05. The Morgan fingerprint density at radius 3 is 3.00 bits per heavy atom. The monoisotopic (exact) mass is 244 g/mol. The number of nitrogens with one attached hydrogen (secondary N) is 2. The Kier molecular flexibility index (Phi) is 7.16. The third kappa shape index (κ3) is 6.00. The quantitative estimate of drug-likeness (QED) is 0.553. The summed E-state index contributed by atoms with van der Waals surface area (Å²) in [6, 6.07) is -0.0808. The number of piperidine rings is 1. The van der Waals surface area contributed by atoms with Gasteiger partial charge in [-0.25, -0.2) is 0 Å². The van der Waals surface area contributed by atoms with Crippen LogP contribution >= 0.6 is 0 Å². The number of rotatable bonds is 7. The zero-order valence-corrected chi connectivity index (χ0v) is 10.6. The maximum atomic E-state index is 11.6. The maximum Gasteiger partial charge on any atom is 0.220 e. The second-order valence-electron chi connectivity index (χ2n) is 4.54. The van der Waals surface area contributed by atoms with E-state index in [9.17, 15) is 9.90 Å². The summed E-state index contributed by atoms with van der Waals surface area (Å²) < 4.78 is 4.94. The number of amides is 1. The van der Waals surface area contributed by atoms with E-state index in [0.29, 0.717) is 13.0 Å². The number of carbonyl (C=O) groups is 1. The fraction of sp³-hybridized carbons (Fsp3) is 0.917. The molecule has 0 saturated carbocycles. The number of aliphatic hydroxyl groups is 1. The Bertz CT molecular complexity index is 224. The van der Waals surface area contributed by atoms with Gasteiger partial charge in [0, 0.05) is 26.7 Å². The molecule has 0 radical (unpaired) electrons. The van der Waals surface area contributed by atoms with Crippen LogP contribution in [0.4, 0.5) is 0 Å². The first-order valence-corrected chi connectivity index (χ1v) is 6.41. The van der Waals surface area contributed by atoms with Crippen molar-refractivity contribution < 1.29 is 14.6 Å². The maximum absolute atomic E-state index is 11.6. The molecule has 2 atom stereocenters. The zero-order valence-electron chi connectivity index (χ0n) is 10.6. The molecule has 0 unspecified atom stereocenters. The highest BCUT2D eigenvalue weighted by Gasteiger charge is 2.23. The van der Waals surface area contributed by atoms with Crippen LogP contribution in [0, 0.1) is 0 Å².